The monoisotopic (exact) mass is 769 g/mol. The summed E-state index contributed by atoms with van der Waals surface area (Å²) < 4.78 is 25.8. The quantitative estimate of drug-likeness (QED) is 0.0824. The van der Waals surface area contributed by atoms with Crippen molar-refractivity contribution in [2.45, 2.75) is 46.4 Å². The number of carbonyl (C=O) groups is 1. The summed E-state index contributed by atoms with van der Waals surface area (Å²) in [4.78, 5) is 43.3. The van der Waals surface area contributed by atoms with Gasteiger partial charge in [0, 0.05) is 17.7 Å². The molecule has 3 aromatic carbocycles. The lowest BCUT2D eigenvalue weighted by Crippen LogP contribution is -2.40. The van der Waals surface area contributed by atoms with E-state index in [4.69, 9.17) is 18.9 Å². The minimum Gasteiger partial charge on any atom is -0.493 e. The molecule has 0 unspecified atom stereocenters. The van der Waals surface area contributed by atoms with Gasteiger partial charge in [-0.3, -0.25) is 19.5 Å². The van der Waals surface area contributed by atoms with E-state index in [1.54, 1.807) is 38.1 Å². The molecule has 5 rings (SSSR count). The topological polar surface area (TPSA) is 131 Å². The van der Waals surface area contributed by atoms with Gasteiger partial charge in [-0.05, 0) is 85.7 Å². The number of non-ortho nitro benzene ring substituents is 1. The van der Waals surface area contributed by atoms with E-state index in [0.717, 1.165) is 0 Å². The number of aromatic nitrogens is 1. The molecule has 1 aliphatic rings. The highest BCUT2D eigenvalue weighted by molar-refractivity contribution is 14.1. The molecule has 0 saturated heterocycles. The number of methoxy groups -OCH3 is 1. The molecule has 0 aliphatic carbocycles. The summed E-state index contributed by atoms with van der Waals surface area (Å²) in [5, 5.41) is 11.2. The molecule has 0 fully saturated rings. The molecule has 4 aromatic rings. The number of thiazole rings is 1. The third-order valence-electron chi connectivity index (χ3n) is 7.15. The van der Waals surface area contributed by atoms with Crippen molar-refractivity contribution in [3.8, 4) is 17.2 Å². The molecule has 11 nitrogen and oxygen atoms in total. The van der Waals surface area contributed by atoms with Crippen LogP contribution in [0.25, 0.3) is 6.08 Å². The molecule has 1 atom stereocenters. The van der Waals surface area contributed by atoms with Gasteiger partial charge in [0.2, 0.25) is 0 Å². The molecule has 2 heterocycles. The average Bonchev–Trinajstić information content (AvgIpc) is 3.33. The number of benzene rings is 3. The van der Waals surface area contributed by atoms with Gasteiger partial charge in [0.05, 0.1) is 44.1 Å². The van der Waals surface area contributed by atoms with E-state index in [9.17, 15) is 19.7 Å². The van der Waals surface area contributed by atoms with Crippen molar-refractivity contribution in [1.29, 1.82) is 0 Å². The summed E-state index contributed by atoms with van der Waals surface area (Å²) in [6.45, 7) is 7.55. The Hall–Kier alpha value is -4.50. The second-order valence-corrected chi connectivity index (χ2v) is 12.9. The van der Waals surface area contributed by atoms with Crippen molar-refractivity contribution in [1.82, 2.24) is 4.57 Å². The zero-order chi connectivity index (χ0) is 33.8. The fraction of sp³-hybridized carbons (Fsp3) is 0.265. The van der Waals surface area contributed by atoms with Gasteiger partial charge < -0.3 is 18.9 Å². The number of ether oxygens (including phenoxy) is 4. The fourth-order valence-corrected chi connectivity index (χ4v) is 7.01. The molecule has 1 aliphatic heterocycles. The standard InChI is InChI=1S/C34H32IN3O8S/c1-6-44-33(40)29-20(4)36-34-37(30(29)24-12-7-8-13-26(24)46-19(2)3)32(39)28(47-34)17-22-15-25(35)31(27(16-22)43-5)45-18-21-10-9-11-23(14-21)38(41)42/h7-17,19,30H,6,18H2,1-5H3/b28-17+/t30-/m1/s1. The number of carbonyl (C=O) groups excluding carboxylic acids is 1. The van der Waals surface area contributed by atoms with E-state index in [1.807, 2.05) is 44.2 Å². The van der Waals surface area contributed by atoms with Crippen LogP contribution in [-0.2, 0) is 16.1 Å². The normalized spacial score (nSPS) is 14.4. The maximum Gasteiger partial charge on any atom is 0.338 e. The number of halogens is 1. The van der Waals surface area contributed by atoms with E-state index in [-0.39, 0.29) is 36.1 Å². The SMILES string of the molecule is CCOC(=O)C1=C(C)N=c2s/c(=C/c3cc(I)c(OCc4cccc([N+](=O)[O-])c4)c(OC)c3)c(=O)n2[C@@H]1c1ccccc1OC(C)C. The van der Waals surface area contributed by atoms with Crippen LogP contribution >= 0.6 is 33.9 Å². The number of allylic oxidation sites excluding steroid dienone is 1. The van der Waals surface area contributed by atoms with E-state index in [0.29, 0.717) is 52.5 Å². The minimum atomic E-state index is -0.818. The van der Waals surface area contributed by atoms with E-state index >= 15 is 0 Å². The largest absolute Gasteiger partial charge is 0.493 e. The van der Waals surface area contributed by atoms with Crippen LogP contribution in [0.5, 0.6) is 17.2 Å². The van der Waals surface area contributed by atoms with Crippen LogP contribution < -0.4 is 29.1 Å². The Kier molecular flexibility index (Phi) is 10.4. The second-order valence-electron chi connectivity index (χ2n) is 10.8. The lowest BCUT2D eigenvalue weighted by molar-refractivity contribution is -0.384. The summed E-state index contributed by atoms with van der Waals surface area (Å²) in [7, 11) is 1.51. The van der Waals surface area contributed by atoms with Crippen molar-refractivity contribution < 1.29 is 28.7 Å². The van der Waals surface area contributed by atoms with Crippen molar-refractivity contribution in [2.24, 2.45) is 4.99 Å². The molecule has 13 heteroatoms. The second kappa shape index (κ2) is 14.5. The first-order valence-corrected chi connectivity index (χ1v) is 16.6. The average molecular weight is 770 g/mol. The minimum absolute atomic E-state index is 0.0210. The van der Waals surface area contributed by atoms with Crippen LogP contribution in [0.3, 0.4) is 0 Å². The highest BCUT2D eigenvalue weighted by atomic mass is 127. The lowest BCUT2D eigenvalue weighted by Gasteiger charge is -2.26. The van der Waals surface area contributed by atoms with E-state index < -0.39 is 16.9 Å². The van der Waals surface area contributed by atoms with Crippen LogP contribution in [0.1, 0.15) is 50.4 Å². The van der Waals surface area contributed by atoms with Crippen LogP contribution in [-0.4, -0.2) is 35.3 Å². The number of hydrogen-bond acceptors (Lipinski definition) is 10. The molecular formula is C34H32IN3O8S. The highest BCUT2D eigenvalue weighted by Gasteiger charge is 2.35. The molecule has 47 heavy (non-hydrogen) atoms. The Morgan fingerprint density at radius 3 is 2.62 bits per heavy atom. The number of hydrogen-bond donors (Lipinski definition) is 0. The Balaban J connectivity index is 1.58. The van der Waals surface area contributed by atoms with Gasteiger partial charge in [-0.25, -0.2) is 9.79 Å². The number of para-hydroxylation sites is 1. The third-order valence-corrected chi connectivity index (χ3v) is 8.93. The van der Waals surface area contributed by atoms with Gasteiger partial charge >= 0.3 is 5.97 Å². The van der Waals surface area contributed by atoms with Crippen molar-refractivity contribution in [3.05, 3.63) is 122 Å². The maximum atomic E-state index is 14.2. The van der Waals surface area contributed by atoms with Crippen LogP contribution in [0, 0.1) is 13.7 Å². The molecule has 0 radical (unpaired) electrons. The summed E-state index contributed by atoms with van der Waals surface area (Å²) in [6.07, 6.45) is 1.61. The van der Waals surface area contributed by atoms with Crippen molar-refractivity contribution in [3.63, 3.8) is 0 Å². The Bertz CT molecular complexity index is 2070. The van der Waals surface area contributed by atoms with Crippen LogP contribution in [0.15, 0.2) is 81.7 Å². The van der Waals surface area contributed by atoms with Crippen LogP contribution in [0.2, 0.25) is 0 Å². The molecule has 0 spiro atoms. The predicted molar refractivity (Wildman–Crippen MR) is 186 cm³/mol. The highest BCUT2D eigenvalue weighted by Crippen LogP contribution is 2.37. The predicted octanol–water partition coefficient (Wildman–Crippen LogP) is 5.69. The number of fused-ring (bicyclic) bond motifs is 1. The summed E-state index contributed by atoms with van der Waals surface area (Å²) >= 11 is 3.34. The van der Waals surface area contributed by atoms with Crippen LogP contribution in [0.4, 0.5) is 5.69 Å². The first-order valence-electron chi connectivity index (χ1n) is 14.7. The van der Waals surface area contributed by atoms with Gasteiger partial charge in [0.25, 0.3) is 11.2 Å². The third kappa shape index (κ3) is 7.25. The number of nitrogens with zero attached hydrogens (tertiary/aromatic N) is 3. The van der Waals surface area contributed by atoms with Gasteiger partial charge in [-0.15, -0.1) is 0 Å². The maximum absolute atomic E-state index is 14.2. The first kappa shape index (κ1) is 33.9. The zero-order valence-electron chi connectivity index (χ0n) is 26.3. The molecule has 244 valence electrons. The summed E-state index contributed by atoms with van der Waals surface area (Å²) in [5.41, 5.74) is 2.34. The van der Waals surface area contributed by atoms with Crippen molar-refractivity contribution in [2.75, 3.05) is 13.7 Å². The Labute approximate surface area is 288 Å². The van der Waals surface area contributed by atoms with Gasteiger partial charge in [-0.2, -0.15) is 0 Å². The molecule has 1 aromatic heterocycles. The summed E-state index contributed by atoms with van der Waals surface area (Å²) in [6, 6.07) is 16.4. The van der Waals surface area contributed by atoms with Crippen molar-refractivity contribution >= 4 is 51.7 Å². The molecular weight excluding hydrogens is 737 g/mol. The molecule has 0 amide bonds. The number of rotatable bonds is 11. The fourth-order valence-electron chi connectivity index (χ4n) is 5.18. The smallest absolute Gasteiger partial charge is 0.338 e. The summed E-state index contributed by atoms with van der Waals surface area (Å²) in [5.74, 6) is 0.903. The molecule has 0 bridgehead atoms. The van der Waals surface area contributed by atoms with Gasteiger partial charge in [-0.1, -0.05) is 41.7 Å². The van der Waals surface area contributed by atoms with E-state index in [1.165, 1.54) is 35.1 Å². The molecule has 0 N–H and O–H groups in total. The number of esters is 1. The Morgan fingerprint density at radius 1 is 1.15 bits per heavy atom. The lowest BCUT2D eigenvalue weighted by atomic mass is 9.95. The van der Waals surface area contributed by atoms with Gasteiger partial charge in [0.15, 0.2) is 16.3 Å². The van der Waals surface area contributed by atoms with Gasteiger partial charge in [0.1, 0.15) is 18.4 Å². The van der Waals surface area contributed by atoms with E-state index in [2.05, 4.69) is 27.6 Å². The molecule has 0 saturated carbocycles. The number of nitro benzene ring substituents is 1. The zero-order valence-corrected chi connectivity index (χ0v) is 29.3. The first-order chi connectivity index (χ1) is 22.5. The Morgan fingerprint density at radius 2 is 1.91 bits per heavy atom. The number of nitro groups is 1.